The molecule has 0 aliphatic heterocycles. The maximum atomic E-state index is 5.87. The molecule has 0 aromatic carbocycles. The number of rotatable bonds is 8. The van der Waals surface area contributed by atoms with Gasteiger partial charge in [0.15, 0.2) is 0 Å². The first-order valence-electron chi connectivity index (χ1n) is 6.77. The molecular formula is C13H22BrClN4. The SMILES string of the molecule is CCN(CC)CCCN(CC)c1nc(Cl)ncc1Br. The largest absolute Gasteiger partial charge is 0.356 e. The molecule has 0 N–H and O–H groups in total. The average molecular weight is 350 g/mol. The third-order valence-electron chi connectivity index (χ3n) is 3.17. The summed E-state index contributed by atoms with van der Waals surface area (Å²) in [4.78, 5) is 12.9. The lowest BCUT2D eigenvalue weighted by Crippen LogP contribution is -2.30. The molecule has 6 heteroatoms. The van der Waals surface area contributed by atoms with E-state index in [4.69, 9.17) is 11.6 Å². The fraction of sp³-hybridized carbons (Fsp3) is 0.692. The van der Waals surface area contributed by atoms with Gasteiger partial charge in [0, 0.05) is 19.3 Å². The minimum Gasteiger partial charge on any atom is -0.356 e. The maximum Gasteiger partial charge on any atom is 0.224 e. The van der Waals surface area contributed by atoms with Crippen molar-refractivity contribution in [3.63, 3.8) is 0 Å². The van der Waals surface area contributed by atoms with Crippen LogP contribution in [0.3, 0.4) is 0 Å². The van der Waals surface area contributed by atoms with Crippen LogP contribution >= 0.6 is 27.5 Å². The van der Waals surface area contributed by atoms with E-state index in [2.05, 4.69) is 56.5 Å². The zero-order valence-corrected chi connectivity index (χ0v) is 14.2. The van der Waals surface area contributed by atoms with E-state index in [1.54, 1.807) is 6.20 Å². The van der Waals surface area contributed by atoms with Gasteiger partial charge in [-0.05, 0) is 60.5 Å². The van der Waals surface area contributed by atoms with Gasteiger partial charge < -0.3 is 9.80 Å². The van der Waals surface area contributed by atoms with Crippen LogP contribution in [0.1, 0.15) is 27.2 Å². The van der Waals surface area contributed by atoms with Gasteiger partial charge in [0.2, 0.25) is 5.28 Å². The second-order valence-corrected chi connectivity index (χ2v) is 5.46. The molecule has 0 bridgehead atoms. The molecule has 0 aliphatic carbocycles. The molecule has 0 aliphatic rings. The monoisotopic (exact) mass is 348 g/mol. The Bertz CT molecular complexity index is 385. The molecule has 1 rings (SSSR count). The number of halogens is 2. The lowest BCUT2D eigenvalue weighted by atomic mass is 10.3. The van der Waals surface area contributed by atoms with Crippen LogP contribution in [0.5, 0.6) is 0 Å². The molecule has 0 amide bonds. The van der Waals surface area contributed by atoms with Crippen LogP contribution in [-0.2, 0) is 0 Å². The van der Waals surface area contributed by atoms with E-state index >= 15 is 0 Å². The predicted octanol–water partition coefficient (Wildman–Crippen LogP) is 3.45. The summed E-state index contributed by atoms with van der Waals surface area (Å²) in [6.45, 7) is 11.7. The normalized spacial score (nSPS) is 11.1. The van der Waals surface area contributed by atoms with E-state index in [-0.39, 0.29) is 0 Å². The van der Waals surface area contributed by atoms with Crippen LogP contribution in [0.15, 0.2) is 10.7 Å². The Morgan fingerprint density at radius 1 is 1.16 bits per heavy atom. The molecule has 108 valence electrons. The molecular weight excluding hydrogens is 328 g/mol. The summed E-state index contributed by atoms with van der Waals surface area (Å²) >= 11 is 9.35. The van der Waals surface area contributed by atoms with Crippen molar-refractivity contribution in [2.45, 2.75) is 27.2 Å². The molecule has 0 saturated carbocycles. The van der Waals surface area contributed by atoms with E-state index < -0.39 is 0 Å². The summed E-state index contributed by atoms with van der Waals surface area (Å²) in [6.07, 6.45) is 2.82. The van der Waals surface area contributed by atoms with Crippen molar-refractivity contribution in [2.75, 3.05) is 37.6 Å². The van der Waals surface area contributed by atoms with Crippen LogP contribution in [0.25, 0.3) is 0 Å². The molecule has 0 spiro atoms. The van der Waals surface area contributed by atoms with Gasteiger partial charge in [-0.3, -0.25) is 0 Å². The van der Waals surface area contributed by atoms with Crippen molar-refractivity contribution in [3.8, 4) is 0 Å². The number of hydrogen-bond donors (Lipinski definition) is 0. The molecule has 0 atom stereocenters. The molecule has 4 nitrogen and oxygen atoms in total. The lowest BCUT2D eigenvalue weighted by molar-refractivity contribution is 0.300. The van der Waals surface area contributed by atoms with Crippen LogP contribution in [0.2, 0.25) is 5.28 Å². The fourth-order valence-corrected chi connectivity index (χ4v) is 2.57. The quantitative estimate of drug-likeness (QED) is 0.673. The number of hydrogen-bond acceptors (Lipinski definition) is 4. The second kappa shape index (κ2) is 8.72. The second-order valence-electron chi connectivity index (χ2n) is 4.27. The van der Waals surface area contributed by atoms with E-state index in [0.29, 0.717) is 5.28 Å². The van der Waals surface area contributed by atoms with E-state index in [0.717, 1.165) is 49.4 Å². The highest BCUT2D eigenvalue weighted by Gasteiger charge is 2.11. The van der Waals surface area contributed by atoms with Crippen LogP contribution in [-0.4, -0.2) is 47.6 Å². The first-order chi connectivity index (χ1) is 9.12. The Labute approximate surface area is 129 Å². The van der Waals surface area contributed by atoms with E-state index in [1.165, 1.54) is 0 Å². The van der Waals surface area contributed by atoms with Gasteiger partial charge in [-0.25, -0.2) is 4.98 Å². The van der Waals surface area contributed by atoms with Gasteiger partial charge in [-0.15, -0.1) is 0 Å². The first-order valence-corrected chi connectivity index (χ1v) is 7.94. The minimum absolute atomic E-state index is 0.292. The van der Waals surface area contributed by atoms with Crippen LogP contribution in [0.4, 0.5) is 5.82 Å². The molecule has 0 saturated heterocycles. The highest BCUT2D eigenvalue weighted by molar-refractivity contribution is 9.10. The summed E-state index contributed by atoms with van der Waals surface area (Å²) in [5.41, 5.74) is 0. The van der Waals surface area contributed by atoms with Gasteiger partial charge >= 0.3 is 0 Å². The Kier molecular flexibility index (Phi) is 7.64. The highest BCUT2D eigenvalue weighted by Crippen LogP contribution is 2.24. The molecule has 0 unspecified atom stereocenters. The Morgan fingerprint density at radius 2 is 1.84 bits per heavy atom. The average Bonchev–Trinajstić information content (AvgIpc) is 2.42. The van der Waals surface area contributed by atoms with Crippen molar-refractivity contribution in [3.05, 3.63) is 16.0 Å². The zero-order valence-electron chi connectivity index (χ0n) is 11.9. The third kappa shape index (κ3) is 5.24. The Hall–Kier alpha value is -0.390. The summed E-state index contributed by atoms with van der Waals surface area (Å²) in [7, 11) is 0. The standard InChI is InChI=1S/C13H22BrClN4/c1-4-18(5-2)8-7-9-19(6-3)12-11(14)10-16-13(15)17-12/h10H,4-9H2,1-3H3. The lowest BCUT2D eigenvalue weighted by Gasteiger charge is -2.25. The van der Waals surface area contributed by atoms with Crippen molar-refractivity contribution in [1.29, 1.82) is 0 Å². The Morgan fingerprint density at radius 3 is 2.42 bits per heavy atom. The van der Waals surface area contributed by atoms with E-state index in [9.17, 15) is 0 Å². The van der Waals surface area contributed by atoms with Crippen molar-refractivity contribution < 1.29 is 0 Å². The van der Waals surface area contributed by atoms with Gasteiger partial charge in [-0.2, -0.15) is 4.98 Å². The molecule has 0 radical (unpaired) electrons. The number of aromatic nitrogens is 2. The summed E-state index contributed by atoms with van der Waals surface area (Å²) in [6, 6.07) is 0. The summed E-state index contributed by atoms with van der Waals surface area (Å²) < 4.78 is 0.890. The topological polar surface area (TPSA) is 32.3 Å². The predicted molar refractivity (Wildman–Crippen MR) is 85.0 cm³/mol. The smallest absolute Gasteiger partial charge is 0.224 e. The zero-order chi connectivity index (χ0) is 14.3. The maximum absolute atomic E-state index is 5.87. The van der Waals surface area contributed by atoms with Crippen molar-refractivity contribution in [2.24, 2.45) is 0 Å². The molecule has 1 aromatic heterocycles. The molecule has 1 aromatic rings. The van der Waals surface area contributed by atoms with E-state index in [1.807, 2.05) is 0 Å². The number of anilines is 1. The summed E-state index contributed by atoms with van der Waals surface area (Å²) in [5.74, 6) is 0.877. The summed E-state index contributed by atoms with van der Waals surface area (Å²) in [5, 5.41) is 0.292. The molecule has 0 fully saturated rings. The molecule has 19 heavy (non-hydrogen) atoms. The van der Waals surface area contributed by atoms with Gasteiger partial charge in [0.25, 0.3) is 0 Å². The van der Waals surface area contributed by atoms with Gasteiger partial charge in [-0.1, -0.05) is 13.8 Å². The Balaban J connectivity index is 2.60. The van der Waals surface area contributed by atoms with Crippen molar-refractivity contribution >= 4 is 33.3 Å². The van der Waals surface area contributed by atoms with Crippen molar-refractivity contribution in [1.82, 2.24) is 14.9 Å². The van der Waals surface area contributed by atoms with Crippen LogP contribution < -0.4 is 4.90 Å². The molecule has 1 heterocycles. The fourth-order valence-electron chi connectivity index (χ4n) is 2.00. The first kappa shape index (κ1) is 16.7. The van der Waals surface area contributed by atoms with Gasteiger partial charge in [0.05, 0.1) is 4.47 Å². The third-order valence-corrected chi connectivity index (χ3v) is 3.92. The minimum atomic E-state index is 0.292. The van der Waals surface area contributed by atoms with Crippen LogP contribution in [0, 0.1) is 0 Å². The highest BCUT2D eigenvalue weighted by atomic mass is 79.9. The number of nitrogens with zero attached hydrogens (tertiary/aromatic N) is 4. The van der Waals surface area contributed by atoms with Gasteiger partial charge in [0.1, 0.15) is 5.82 Å².